The number of piperidine rings is 1. The van der Waals surface area contributed by atoms with Crippen LogP contribution in [0.15, 0.2) is 12.3 Å². The Labute approximate surface area is 112 Å². The standard InChI is InChI=1S/C13H17ClN2O2/c1-9-6-11(14)10(7-15-9)12(17)16-5-3-4-13(2,18)8-16/h6-7,18H,3-5,8H2,1-2H3. The Bertz CT molecular complexity index is 474. The van der Waals surface area contributed by atoms with Gasteiger partial charge < -0.3 is 10.0 Å². The van der Waals surface area contributed by atoms with Crippen molar-refractivity contribution in [3.05, 3.63) is 28.5 Å². The molecular weight excluding hydrogens is 252 g/mol. The van der Waals surface area contributed by atoms with Gasteiger partial charge in [-0.2, -0.15) is 0 Å². The van der Waals surface area contributed by atoms with E-state index in [9.17, 15) is 9.90 Å². The Hall–Kier alpha value is -1.13. The number of carbonyl (C=O) groups excluding carboxylic acids is 1. The number of amides is 1. The Morgan fingerprint density at radius 2 is 2.33 bits per heavy atom. The monoisotopic (exact) mass is 268 g/mol. The first-order chi connectivity index (χ1) is 8.39. The number of aliphatic hydroxyl groups is 1. The van der Waals surface area contributed by atoms with Crippen LogP contribution in [-0.2, 0) is 0 Å². The molecule has 1 saturated heterocycles. The highest BCUT2D eigenvalue weighted by Gasteiger charge is 2.32. The Morgan fingerprint density at radius 1 is 1.61 bits per heavy atom. The molecule has 1 aliphatic heterocycles. The minimum Gasteiger partial charge on any atom is -0.388 e. The maximum atomic E-state index is 12.3. The van der Waals surface area contributed by atoms with Crippen LogP contribution < -0.4 is 0 Å². The SMILES string of the molecule is Cc1cc(Cl)c(C(=O)N2CCCC(C)(O)C2)cn1. The largest absolute Gasteiger partial charge is 0.388 e. The average molecular weight is 269 g/mol. The van der Waals surface area contributed by atoms with Gasteiger partial charge in [0.15, 0.2) is 0 Å². The third kappa shape index (κ3) is 2.82. The molecule has 4 nitrogen and oxygen atoms in total. The molecule has 0 aromatic carbocycles. The van der Waals surface area contributed by atoms with Crippen molar-refractivity contribution in [1.29, 1.82) is 0 Å². The zero-order chi connectivity index (χ0) is 13.3. The molecule has 18 heavy (non-hydrogen) atoms. The van der Waals surface area contributed by atoms with Crippen molar-refractivity contribution in [1.82, 2.24) is 9.88 Å². The summed E-state index contributed by atoms with van der Waals surface area (Å²) < 4.78 is 0. The summed E-state index contributed by atoms with van der Waals surface area (Å²) in [4.78, 5) is 18.0. The van der Waals surface area contributed by atoms with Gasteiger partial charge in [-0.15, -0.1) is 0 Å². The third-order valence-corrected chi connectivity index (χ3v) is 3.50. The minimum atomic E-state index is -0.807. The molecule has 1 aromatic heterocycles. The number of aromatic nitrogens is 1. The van der Waals surface area contributed by atoms with Crippen LogP contribution in [0.5, 0.6) is 0 Å². The Morgan fingerprint density at radius 3 is 2.94 bits per heavy atom. The number of rotatable bonds is 1. The maximum absolute atomic E-state index is 12.3. The van der Waals surface area contributed by atoms with Gasteiger partial charge in [0.2, 0.25) is 0 Å². The topological polar surface area (TPSA) is 53.4 Å². The number of likely N-dealkylation sites (tertiary alicyclic amines) is 1. The van der Waals surface area contributed by atoms with Crippen LogP contribution in [0.2, 0.25) is 5.02 Å². The van der Waals surface area contributed by atoms with Gasteiger partial charge in [-0.1, -0.05) is 11.6 Å². The molecule has 5 heteroatoms. The van der Waals surface area contributed by atoms with E-state index in [2.05, 4.69) is 4.98 Å². The maximum Gasteiger partial charge on any atom is 0.257 e. The lowest BCUT2D eigenvalue weighted by Gasteiger charge is -2.36. The normalized spacial score (nSPS) is 24.1. The van der Waals surface area contributed by atoms with Gasteiger partial charge in [0.05, 0.1) is 16.2 Å². The molecule has 1 N–H and O–H groups in total. The molecule has 1 amide bonds. The van der Waals surface area contributed by atoms with Gasteiger partial charge in [0.1, 0.15) is 0 Å². The summed E-state index contributed by atoms with van der Waals surface area (Å²) in [5.41, 5.74) is 0.376. The van der Waals surface area contributed by atoms with E-state index in [1.165, 1.54) is 6.20 Å². The van der Waals surface area contributed by atoms with E-state index in [1.54, 1.807) is 17.9 Å². The quantitative estimate of drug-likeness (QED) is 0.848. The molecule has 0 spiro atoms. The highest BCUT2D eigenvalue weighted by molar-refractivity contribution is 6.33. The molecule has 1 aliphatic rings. The number of β-amino-alcohol motifs (C(OH)–C–C–N with tert-alkyl or cyclic N) is 1. The molecule has 0 bridgehead atoms. The minimum absolute atomic E-state index is 0.160. The van der Waals surface area contributed by atoms with E-state index in [1.807, 2.05) is 6.92 Å². The molecule has 1 aromatic rings. The molecule has 1 unspecified atom stereocenters. The summed E-state index contributed by atoms with van der Waals surface area (Å²) in [5.74, 6) is -0.160. The van der Waals surface area contributed by atoms with Crippen molar-refractivity contribution >= 4 is 17.5 Å². The number of hydrogen-bond donors (Lipinski definition) is 1. The van der Waals surface area contributed by atoms with Crippen molar-refractivity contribution in [2.75, 3.05) is 13.1 Å². The predicted molar refractivity (Wildman–Crippen MR) is 69.7 cm³/mol. The van der Waals surface area contributed by atoms with E-state index in [0.717, 1.165) is 18.5 Å². The fourth-order valence-electron chi connectivity index (χ4n) is 2.25. The van der Waals surface area contributed by atoms with Gasteiger partial charge in [0, 0.05) is 25.0 Å². The molecular formula is C13H17ClN2O2. The highest BCUT2D eigenvalue weighted by atomic mass is 35.5. The first-order valence-corrected chi connectivity index (χ1v) is 6.41. The number of carbonyl (C=O) groups is 1. The van der Waals surface area contributed by atoms with Crippen LogP contribution in [0.3, 0.4) is 0 Å². The van der Waals surface area contributed by atoms with Gasteiger partial charge in [-0.3, -0.25) is 9.78 Å². The molecule has 1 fully saturated rings. The predicted octanol–water partition coefficient (Wildman–Crippen LogP) is 2.03. The number of halogens is 1. The molecule has 2 heterocycles. The zero-order valence-electron chi connectivity index (χ0n) is 10.6. The number of aryl methyl sites for hydroxylation is 1. The van der Waals surface area contributed by atoms with Crippen molar-refractivity contribution in [3.63, 3.8) is 0 Å². The molecule has 98 valence electrons. The van der Waals surface area contributed by atoms with Gasteiger partial charge in [0.25, 0.3) is 5.91 Å². The van der Waals surface area contributed by atoms with E-state index in [-0.39, 0.29) is 5.91 Å². The first kappa shape index (κ1) is 13.3. The van der Waals surface area contributed by atoms with E-state index >= 15 is 0 Å². The van der Waals surface area contributed by atoms with Crippen LogP contribution in [0.1, 0.15) is 35.8 Å². The molecule has 0 aliphatic carbocycles. The van der Waals surface area contributed by atoms with Crippen LogP contribution in [0.4, 0.5) is 0 Å². The lowest BCUT2D eigenvalue weighted by Crippen LogP contribution is -2.48. The van der Waals surface area contributed by atoms with Gasteiger partial charge in [-0.25, -0.2) is 0 Å². The summed E-state index contributed by atoms with van der Waals surface area (Å²) >= 11 is 6.06. The van der Waals surface area contributed by atoms with E-state index in [0.29, 0.717) is 23.7 Å². The third-order valence-electron chi connectivity index (χ3n) is 3.18. The Kier molecular flexibility index (Phi) is 3.59. The van der Waals surface area contributed by atoms with Crippen molar-refractivity contribution in [3.8, 4) is 0 Å². The van der Waals surface area contributed by atoms with Crippen molar-refractivity contribution in [2.24, 2.45) is 0 Å². The Balaban J connectivity index is 2.20. The van der Waals surface area contributed by atoms with Crippen LogP contribution in [0, 0.1) is 6.92 Å². The lowest BCUT2D eigenvalue weighted by molar-refractivity contribution is -0.0107. The van der Waals surface area contributed by atoms with Crippen molar-refractivity contribution < 1.29 is 9.90 Å². The number of hydrogen-bond acceptors (Lipinski definition) is 3. The van der Waals surface area contributed by atoms with E-state index in [4.69, 9.17) is 11.6 Å². The highest BCUT2D eigenvalue weighted by Crippen LogP contribution is 2.24. The fourth-order valence-corrected chi connectivity index (χ4v) is 2.54. The summed E-state index contributed by atoms with van der Waals surface area (Å²) in [6, 6.07) is 1.68. The number of pyridine rings is 1. The average Bonchev–Trinajstić information content (AvgIpc) is 2.27. The second-order valence-electron chi connectivity index (χ2n) is 5.13. The molecule has 1 atom stereocenters. The summed E-state index contributed by atoms with van der Waals surface area (Å²) in [6.45, 7) is 4.57. The van der Waals surface area contributed by atoms with E-state index < -0.39 is 5.60 Å². The van der Waals surface area contributed by atoms with Gasteiger partial charge >= 0.3 is 0 Å². The molecule has 2 rings (SSSR count). The molecule has 0 radical (unpaired) electrons. The second-order valence-corrected chi connectivity index (χ2v) is 5.54. The van der Waals surface area contributed by atoms with Crippen molar-refractivity contribution in [2.45, 2.75) is 32.3 Å². The lowest BCUT2D eigenvalue weighted by atomic mass is 9.95. The number of nitrogens with zero attached hydrogens (tertiary/aromatic N) is 2. The first-order valence-electron chi connectivity index (χ1n) is 6.03. The smallest absolute Gasteiger partial charge is 0.257 e. The zero-order valence-corrected chi connectivity index (χ0v) is 11.4. The van der Waals surface area contributed by atoms with Crippen LogP contribution >= 0.6 is 11.6 Å². The van der Waals surface area contributed by atoms with Gasteiger partial charge in [-0.05, 0) is 32.8 Å². The summed E-state index contributed by atoms with van der Waals surface area (Å²) in [5, 5.41) is 10.4. The second kappa shape index (κ2) is 4.86. The van der Waals surface area contributed by atoms with Crippen LogP contribution in [0.25, 0.3) is 0 Å². The van der Waals surface area contributed by atoms with Crippen LogP contribution in [-0.4, -0.2) is 39.6 Å². The molecule has 0 saturated carbocycles. The summed E-state index contributed by atoms with van der Waals surface area (Å²) in [7, 11) is 0. The fraction of sp³-hybridized carbons (Fsp3) is 0.538. The summed E-state index contributed by atoms with van der Waals surface area (Å²) in [6.07, 6.45) is 3.02.